The summed E-state index contributed by atoms with van der Waals surface area (Å²) in [6.07, 6.45) is 3.57. The van der Waals surface area contributed by atoms with Crippen molar-refractivity contribution in [1.82, 2.24) is 0 Å². The van der Waals surface area contributed by atoms with Crippen molar-refractivity contribution in [3.63, 3.8) is 0 Å². The first kappa shape index (κ1) is 12.0. The second kappa shape index (κ2) is 5.70. The van der Waals surface area contributed by atoms with Crippen LogP contribution < -0.4 is 4.90 Å². The van der Waals surface area contributed by atoms with E-state index in [0.29, 0.717) is 13.1 Å². The van der Waals surface area contributed by atoms with Gasteiger partial charge in [-0.05, 0) is 12.1 Å². The van der Waals surface area contributed by atoms with Crippen molar-refractivity contribution in [2.45, 2.75) is 0 Å². The molecule has 0 aromatic heterocycles. The summed E-state index contributed by atoms with van der Waals surface area (Å²) in [7, 11) is 0. The van der Waals surface area contributed by atoms with Crippen molar-refractivity contribution < 1.29 is 4.92 Å². The maximum absolute atomic E-state index is 10.5. The molecule has 1 aromatic carbocycles. The van der Waals surface area contributed by atoms with Crippen LogP contribution in [0.2, 0.25) is 0 Å². The number of nitro groups is 1. The van der Waals surface area contributed by atoms with Gasteiger partial charge in [-0.15, -0.1) is 13.2 Å². The van der Waals surface area contributed by atoms with E-state index in [-0.39, 0.29) is 5.69 Å². The second-order valence-corrected chi connectivity index (χ2v) is 3.26. The first-order chi connectivity index (χ1) is 7.69. The molecule has 16 heavy (non-hydrogen) atoms. The Balaban J connectivity index is 2.88. The lowest BCUT2D eigenvalue weighted by Gasteiger charge is -2.21. The molecule has 4 nitrogen and oxygen atoms in total. The van der Waals surface area contributed by atoms with Crippen LogP contribution in [0, 0.1) is 10.1 Å². The van der Waals surface area contributed by atoms with Gasteiger partial charge in [-0.3, -0.25) is 10.1 Å². The molecule has 0 aliphatic carbocycles. The maximum atomic E-state index is 10.5. The van der Waals surface area contributed by atoms with Crippen molar-refractivity contribution >= 4 is 11.4 Å². The van der Waals surface area contributed by atoms with Crippen LogP contribution in [0.25, 0.3) is 0 Å². The average molecular weight is 218 g/mol. The Labute approximate surface area is 94.7 Å². The molecule has 0 saturated heterocycles. The van der Waals surface area contributed by atoms with Gasteiger partial charge in [-0.1, -0.05) is 12.2 Å². The summed E-state index contributed by atoms with van der Waals surface area (Å²) in [6, 6.07) is 6.44. The largest absolute Gasteiger partial charge is 0.364 e. The molecule has 0 radical (unpaired) electrons. The number of non-ortho nitro benzene ring substituents is 1. The zero-order valence-corrected chi connectivity index (χ0v) is 9.00. The minimum absolute atomic E-state index is 0.0981. The van der Waals surface area contributed by atoms with Gasteiger partial charge in [-0.25, -0.2) is 0 Å². The van der Waals surface area contributed by atoms with E-state index in [1.54, 1.807) is 24.3 Å². The minimum atomic E-state index is -0.408. The van der Waals surface area contributed by atoms with Gasteiger partial charge in [0.2, 0.25) is 0 Å². The van der Waals surface area contributed by atoms with Crippen LogP contribution in [0.1, 0.15) is 0 Å². The van der Waals surface area contributed by atoms with E-state index in [2.05, 4.69) is 13.2 Å². The first-order valence-electron chi connectivity index (χ1n) is 4.90. The predicted octanol–water partition coefficient (Wildman–Crippen LogP) is 2.77. The van der Waals surface area contributed by atoms with Crippen LogP contribution in [0.3, 0.4) is 0 Å². The summed E-state index contributed by atoms with van der Waals surface area (Å²) in [6.45, 7) is 8.71. The highest BCUT2D eigenvalue weighted by molar-refractivity contribution is 5.51. The summed E-state index contributed by atoms with van der Waals surface area (Å²) in [5.41, 5.74) is 1.02. The van der Waals surface area contributed by atoms with E-state index < -0.39 is 4.92 Å². The molecule has 0 fully saturated rings. The van der Waals surface area contributed by atoms with Crippen LogP contribution in [0.5, 0.6) is 0 Å². The first-order valence-corrected chi connectivity index (χ1v) is 4.90. The fourth-order valence-electron chi connectivity index (χ4n) is 1.38. The normalized spacial score (nSPS) is 9.50. The summed E-state index contributed by atoms with van der Waals surface area (Å²) < 4.78 is 0. The van der Waals surface area contributed by atoms with Crippen LogP contribution in [-0.4, -0.2) is 18.0 Å². The molecule has 4 heteroatoms. The highest BCUT2D eigenvalue weighted by atomic mass is 16.6. The lowest BCUT2D eigenvalue weighted by Crippen LogP contribution is -2.22. The van der Waals surface area contributed by atoms with Gasteiger partial charge in [0.05, 0.1) is 4.92 Å². The van der Waals surface area contributed by atoms with E-state index >= 15 is 0 Å². The monoisotopic (exact) mass is 218 g/mol. The Hall–Kier alpha value is -2.10. The van der Waals surface area contributed by atoms with E-state index in [9.17, 15) is 10.1 Å². The van der Waals surface area contributed by atoms with Gasteiger partial charge in [-0.2, -0.15) is 0 Å². The number of rotatable bonds is 6. The molecule has 0 N–H and O–H groups in total. The minimum Gasteiger partial charge on any atom is -0.364 e. The molecule has 0 aliphatic heterocycles. The summed E-state index contributed by atoms with van der Waals surface area (Å²) in [5.74, 6) is 0. The lowest BCUT2D eigenvalue weighted by molar-refractivity contribution is -0.384. The fourth-order valence-corrected chi connectivity index (χ4v) is 1.38. The zero-order valence-electron chi connectivity index (χ0n) is 9.00. The fraction of sp³-hybridized carbons (Fsp3) is 0.167. The maximum Gasteiger partial charge on any atom is 0.269 e. The lowest BCUT2D eigenvalue weighted by atomic mass is 10.2. The average Bonchev–Trinajstić information content (AvgIpc) is 2.29. The highest BCUT2D eigenvalue weighted by Crippen LogP contribution is 2.19. The molecule has 0 aliphatic rings. The topological polar surface area (TPSA) is 46.4 Å². The third kappa shape index (κ3) is 2.95. The summed E-state index contributed by atoms with van der Waals surface area (Å²) in [4.78, 5) is 12.1. The van der Waals surface area contributed by atoms with Gasteiger partial charge in [0.1, 0.15) is 0 Å². The van der Waals surface area contributed by atoms with Crippen LogP contribution in [0.15, 0.2) is 49.6 Å². The number of hydrogen-bond donors (Lipinski definition) is 0. The quantitative estimate of drug-likeness (QED) is 0.419. The summed E-state index contributed by atoms with van der Waals surface area (Å²) >= 11 is 0. The molecule has 0 amide bonds. The van der Waals surface area contributed by atoms with E-state index in [0.717, 1.165) is 5.69 Å². The van der Waals surface area contributed by atoms with Crippen molar-refractivity contribution in [3.05, 3.63) is 59.7 Å². The number of hydrogen-bond acceptors (Lipinski definition) is 3. The number of anilines is 1. The third-order valence-electron chi connectivity index (χ3n) is 2.12. The Kier molecular flexibility index (Phi) is 4.27. The Morgan fingerprint density at radius 1 is 1.19 bits per heavy atom. The van der Waals surface area contributed by atoms with Crippen LogP contribution in [0.4, 0.5) is 11.4 Å². The predicted molar refractivity (Wildman–Crippen MR) is 65.7 cm³/mol. The van der Waals surface area contributed by atoms with Gasteiger partial charge < -0.3 is 4.90 Å². The van der Waals surface area contributed by atoms with Crippen LogP contribution >= 0.6 is 0 Å². The molecular weight excluding hydrogens is 204 g/mol. The smallest absolute Gasteiger partial charge is 0.269 e. The van der Waals surface area contributed by atoms with Crippen LogP contribution in [-0.2, 0) is 0 Å². The Bertz CT molecular complexity index is 375. The van der Waals surface area contributed by atoms with E-state index in [1.807, 2.05) is 4.90 Å². The molecule has 1 rings (SSSR count). The number of benzene rings is 1. The molecule has 0 unspecified atom stereocenters. The van der Waals surface area contributed by atoms with Gasteiger partial charge >= 0.3 is 0 Å². The summed E-state index contributed by atoms with van der Waals surface area (Å²) in [5, 5.41) is 10.5. The van der Waals surface area contributed by atoms with Crippen molar-refractivity contribution in [2.24, 2.45) is 0 Å². The SMILES string of the molecule is C=CCN(CC=C)c1ccc([N+](=O)[O-])cc1. The van der Waals surface area contributed by atoms with Gasteiger partial charge in [0.25, 0.3) is 5.69 Å². The zero-order chi connectivity index (χ0) is 12.0. The third-order valence-corrected chi connectivity index (χ3v) is 2.12. The number of nitrogens with zero attached hydrogens (tertiary/aromatic N) is 2. The molecule has 0 atom stereocenters. The Morgan fingerprint density at radius 3 is 2.06 bits per heavy atom. The van der Waals surface area contributed by atoms with Gasteiger partial charge in [0, 0.05) is 30.9 Å². The molecule has 0 heterocycles. The van der Waals surface area contributed by atoms with Crippen molar-refractivity contribution in [3.8, 4) is 0 Å². The molecule has 0 bridgehead atoms. The van der Waals surface area contributed by atoms with Gasteiger partial charge in [0.15, 0.2) is 0 Å². The highest BCUT2D eigenvalue weighted by Gasteiger charge is 2.07. The van der Waals surface area contributed by atoms with Crippen molar-refractivity contribution in [1.29, 1.82) is 0 Å². The van der Waals surface area contributed by atoms with Crippen molar-refractivity contribution in [2.75, 3.05) is 18.0 Å². The van der Waals surface area contributed by atoms with E-state index in [1.165, 1.54) is 12.1 Å². The molecule has 84 valence electrons. The Morgan fingerprint density at radius 2 is 1.69 bits per heavy atom. The molecule has 1 aromatic rings. The number of nitro benzene ring substituents is 1. The van der Waals surface area contributed by atoms with E-state index in [4.69, 9.17) is 0 Å². The second-order valence-electron chi connectivity index (χ2n) is 3.26. The molecule has 0 spiro atoms. The standard InChI is InChI=1S/C12H14N2O2/c1-3-9-13(10-4-2)11-5-7-12(8-6-11)14(15)16/h3-8H,1-2,9-10H2. The molecular formula is C12H14N2O2. The molecule has 0 saturated carbocycles.